The standard InChI is InChI=1S/C17H15N5O2S.C13H17N5O2S.C2H4O2/c1-21(2)15-12-13-14(25-16(12)19-8-18-15)17(23)22(9-20-13)10-4-6-11(24-3)7-5-10;1-17(2)7-16-9-8-11(18(3)4)14-6-15-12(8)21-10(9)13(19)20-5;1-2(3)4/h4-9H,1-3H3;6-7H,1-5H3;1H3,(H,3,4). The third-order valence-corrected chi connectivity index (χ3v) is 8.73. The maximum absolute atomic E-state index is 13.0. The molecule has 0 saturated heterocycles. The number of benzene rings is 1. The van der Waals surface area contributed by atoms with Crippen molar-refractivity contribution in [2.45, 2.75) is 6.92 Å². The molecule has 1 aromatic carbocycles. The van der Waals surface area contributed by atoms with E-state index in [1.807, 2.05) is 76.4 Å². The Kier molecular flexibility index (Phi) is 11.9. The first-order valence-corrected chi connectivity index (χ1v) is 16.3. The largest absolute Gasteiger partial charge is 0.497 e. The highest BCUT2D eigenvalue weighted by atomic mass is 32.1. The molecule has 6 rings (SSSR count). The molecule has 0 unspecified atom stereocenters. The van der Waals surface area contributed by atoms with Crippen LogP contribution in [0.3, 0.4) is 0 Å². The first-order valence-electron chi connectivity index (χ1n) is 14.7. The number of anilines is 2. The average molecular weight is 721 g/mol. The fourth-order valence-electron chi connectivity index (χ4n) is 4.49. The van der Waals surface area contributed by atoms with Gasteiger partial charge in [0.1, 0.15) is 66.8 Å². The number of esters is 1. The third-order valence-electron chi connectivity index (χ3n) is 6.59. The van der Waals surface area contributed by atoms with Gasteiger partial charge >= 0.3 is 5.97 Å². The van der Waals surface area contributed by atoms with Crippen LogP contribution in [-0.4, -0.2) is 114 Å². The van der Waals surface area contributed by atoms with Crippen molar-refractivity contribution in [2.24, 2.45) is 4.99 Å². The number of carbonyl (C=O) groups is 2. The molecule has 0 bridgehead atoms. The first kappa shape index (κ1) is 37.1. The van der Waals surface area contributed by atoms with Crippen LogP contribution >= 0.6 is 22.7 Å². The number of rotatable bonds is 7. The molecule has 0 radical (unpaired) electrons. The normalized spacial score (nSPS) is 10.7. The van der Waals surface area contributed by atoms with Gasteiger partial charge in [-0.15, -0.1) is 22.7 Å². The van der Waals surface area contributed by atoms with Crippen LogP contribution in [0.15, 0.2) is 53.0 Å². The lowest BCUT2D eigenvalue weighted by Gasteiger charge is -2.12. The van der Waals surface area contributed by atoms with Crippen LogP contribution in [0, 0.1) is 0 Å². The van der Waals surface area contributed by atoms with Crippen molar-refractivity contribution >= 4 is 88.9 Å². The number of carboxylic acids is 1. The minimum absolute atomic E-state index is 0.122. The van der Waals surface area contributed by atoms with Crippen LogP contribution < -0.4 is 20.1 Å². The van der Waals surface area contributed by atoms with Crippen LogP contribution in [0.2, 0.25) is 0 Å². The second kappa shape index (κ2) is 16.1. The average Bonchev–Trinajstić information content (AvgIpc) is 3.66. The van der Waals surface area contributed by atoms with E-state index in [1.165, 1.54) is 47.0 Å². The summed E-state index contributed by atoms with van der Waals surface area (Å²) < 4.78 is 12.1. The van der Waals surface area contributed by atoms with Gasteiger partial charge in [-0.2, -0.15) is 0 Å². The number of carbonyl (C=O) groups excluding carboxylic acids is 1. The van der Waals surface area contributed by atoms with Gasteiger partial charge in [-0.3, -0.25) is 14.2 Å². The smallest absolute Gasteiger partial charge is 0.350 e. The van der Waals surface area contributed by atoms with Crippen LogP contribution in [0.4, 0.5) is 17.3 Å². The Bertz CT molecular complexity index is 2220. The molecule has 0 aliphatic rings. The zero-order chi connectivity index (χ0) is 36.7. The fraction of sp³-hybridized carbons (Fsp3) is 0.281. The number of aliphatic carboxylic acids is 1. The minimum Gasteiger partial charge on any atom is -0.497 e. The van der Waals surface area contributed by atoms with Crippen LogP contribution in [0.5, 0.6) is 5.75 Å². The Labute approximate surface area is 294 Å². The molecule has 262 valence electrons. The number of hydrogen-bond acceptors (Lipinski definition) is 15. The summed E-state index contributed by atoms with van der Waals surface area (Å²) in [4.78, 5) is 67.5. The predicted octanol–water partition coefficient (Wildman–Crippen LogP) is 4.32. The van der Waals surface area contributed by atoms with Gasteiger partial charge in [0.15, 0.2) is 0 Å². The highest BCUT2D eigenvalue weighted by molar-refractivity contribution is 7.25. The van der Waals surface area contributed by atoms with E-state index >= 15 is 0 Å². The maximum Gasteiger partial charge on any atom is 0.350 e. The monoisotopic (exact) mass is 720 g/mol. The van der Waals surface area contributed by atoms with E-state index in [9.17, 15) is 9.59 Å². The topological polar surface area (TPSA) is 181 Å². The molecule has 0 saturated carbocycles. The van der Waals surface area contributed by atoms with E-state index < -0.39 is 11.9 Å². The molecule has 50 heavy (non-hydrogen) atoms. The molecule has 6 aromatic rings. The Morgan fingerprint density at radius 1 is 0.860 bits per heavy atom. The number of aliphatic imine (C=N–C) groups is 1. The quantitative estimate of drug-likeness (QED) is 0.140. The molecule has 5 aromatic heterocycles. The number of fused-ring (bicyclic) bond motifs is 4. The molecule has 0 aliphatic carbocycles. The highest BCUT2D eigenvalue weighted by Crippen LogP contribution is 2.41. The second-order valence-corrected chi connectivity index (χ2v) is 12.9. The second-order valence-electron chi connectivity index (χ2n) is 10.9. The lowest BCUT2D eigenvalue weighted by atomic mass is 10.2. The number of aromatic nitrogens is 6. The Morgan fingerprint density at radius 3 is 1.94 bits per heavy atom. The molecule has 0 aliphatic heterocycles. The molecule has 18 heteroatoms. The van der Waals surface area contributed by atoms with Crippen molar-refractivity contribution in [1.82, 2.24) is 34.4 Å². The van der Waals surface area contributed by atoms with Crippen LogP contribution in [-0.2, 0) is 9.53 Å². The van der Waals surface area contributed by atoms with Gasteiger partial charge in [-0.1, -0.05) is 0 Å². The minimum atomic E-state index is -0.833. The highest BCUT2D eigenvalue weighted by Gasteiger charge is 2.23. The zero-order valence-corrected chi connectivity index (χ0v) is 30.5. The van der Waals surface area contributed by atoms with Crippen LogP contribution in [0.1, 0.15) is 16.6 Å². The maximum atomic E-state index is 13.0. The van der Waals surface area contributed by atoms with Crippen molar-refractivity contribution in [3.63, 3.8) is 0 Å². The molecule has 0 amide bonds. The van der Waals surface area contributed by atoms with Gasteiger partial charge in [0.2, 0.25) is 0 Å². The van der Waals surface area contributed by atoms with E-state index in [2.05, 4.69) is 29.9 Å². The third kappa shape index (κ3) is 8.09. The molecular weight excluding hydrogens is 685 g/mol. The van der Waals surface area contributed by atoms with Crippen molar-refractivity contribution in [3.8, 4) is 11.4 Å². The van der Waals surface area contributed by atoms with E-state index in [4.69, 9.17) is 19.4 Å². The summed E-state index contributed by atoms with van der Waals surface area (Å²) in [7, 11) is 14.3. The van der Waals surface area contributed by atoms with Crippen molar-refractivity contribution in [1.29, 1.82) is 0 Å². The molecule has 5 heterocycles. The van der Waals surface area contributed by atoms with Gasteiger partial charge in [0.05, 0.1) is 37.0 Å². The van der Waals surface area contributed by atoms with Gasteiger partial charge in [0.25, 0.3) is 11.5 Å². The molecular formula is C32H36N10O6S2. The number of methoxy groups -OCH3 is 2. The Hall–Kier alpha value is -5.75. The lowest BCUT2D eigenvalue weighted by molar-refractivity contribution is -0.134. The molecule has 0 spiro atoms. The Morgan fingerprint density at radius 2 is 1.42 bits per heavy atom. The van der Waals surface area contributed by atoms with E-state index in [-0.39, 0.29) is 5.56 Å². The summed E-state index contributed by atoms with van der Waals surface area (Å²) in [6.45, 7) is 1.08. The molecule has 1 N–H and O–H groups in total. The summed E-state index contributed by atoms with van der Waals surface area (Å²) in [5.41, 5.74) is 1.79. The van der Waals surface area contributed by atoms with Gasteiger partial charge in [-0.25, -0.2) is 34.7 Å². The summed E-state index contributed by atoms with van der Waals surface area (Å²) >= 11 is 2.59. The number of hydrogen-bond donors (Lipinski definition) is 1. The van der Waals surface area contributed by atoms with E-state index in [1.54, 1.807) is 24.7 Å². The van der Waals surface area contributed by atoms with Gasteiger partial charge in [0, 0.05) is 49.2 Å². The van der Waals surface area contributed by atoms with E-state index in [0.29, 0.717) is 25.6 Å². The summed E-state index contributed by atoms with van der Waals surface area (Å²) in [6.07, 6.45) is 6.18. The van der Waals surface area contributed by atoms with Crippen molar-refractivity contribution < 1.29 is 24.2 Å². The zero-order valence-electron chi connectivity index (χ0n) is 28.9. The summed E-state index contributed by atoms with van der Waals surface area (Å²) in [5.74, 6) is 0.954. The lowest BCUT2D eigenvalue weighted by Crippen LogP contribution is -2.17. The fourth-order valence-corrected chi connectivity index (χ4v) is 6.51. The first-order chi connectivity index (χ1) is 23.8. The number of nitrogens with zero attached hydrogens (tertiary/aromatic N) is 10. The predicted molar refractivity (Wildman–Crippen MR) is 197 cm³/mol. The van der Waals surface area contributed by atoms with Crippen LogP contribution in [0.25, 0.3) is 36.3 Å². The van der Waals surface area contributed by atoms with Crippen molar-refractivity contribution in [2.75, 3.05) is 66.3 Å². The van der Waals surface area contributed by atoms with Crippen molar-refractivity contribution in [3.05, 3.63) is 58.5 Å². The number of carboxylic acid groups (broad SMARTS) is 1. The number of ether oxygens (including phenoxy) is 2. The molecule has 0 atom stereocenters. The molecule has 16 nitrogen and oxygen atoms in total. The van der Waals surface area contributed by atoms with E-state index in [0.717, 1.165) is 45.6 Å². The molecule has 0 fully saturated rings. The van der Waals surface area contributed by atoms with Gasteiger partial charge in [-0.05, 0) is 24.3 Å². The number of thiophene rings is 2. The Balaban J connectivity index is 0.000000206. The SMILES string of the molecule is CC(=O)O.COC(=O)c1sc2ncnc(N(C)C)c2c1N=CN(C)C.COc1ccc(-n2cnc3c(sc4ncnc(N(C)C)c43)c2=O)cc1. The summed E-state index contributed by atoms with van der Waals surface area (Å²) in [5, 5.41) is 8.98. The van der Waals surface area contributed by atoms with Gasteiger partial charge < -0.3 is 29.3 Å². The summed E-state index contributed by atoms with van der Waals surface area (Å²) in [6, 6.07) is 7.28.